The molecule has 0 amide bonds. The van der Waals surface area contributed by atoms with E-state index >= 15 is 0 Å². The van der Waals surface area contributed by atoms with Gasteiger partial charge >= 0.3 is 0 Å². The van der Waals surface area contributed by atoms with Gasteiger partial charge in [0.2, 0.25) is 0 Å². The molecule has 0 aromatic heterocycles. The van der Waals surface area contributed by atoms with E-state index in [-0.39, 0.29) is 0 Å². The average molecular weight is 246 g/mol. The van der Waals surface area contributed by atoms with Gasteiger partial charge in [0.1, 0.15) is 5.82 Å². The van der Waals surface area contributed by atoms with Gasteiger partial charge in [0, 0.05) is 21.2 Å². The summed E-state index contributed by atoms with van der Waals surface area (Å²) in [7, 11) is 0. The molecule has 80 valence electrons. The van der Waals surface area contributed by atoms with Gasteiger partial charge in [-0.1, -0.05) is 29.3 Å². The first kappa shape index (κ1) is 10.6. The van der Waals surface area contributed by atoms with Gasteiger partial charge < -0.3 is 16.3 Å². The van der Waals surface area contributed by atoms with Crippen LogP contribution in [0.5, 0.6) is 0 Å². The molecular formula is C9H9Cl2N3O. The smallest absolute Gasteiger partial charge is 0.151 e. The Morgan fingerprint density at radius 2 is 1.87 bits per heavy atom. The Bertz CT molecular complexity index is 413. The number of aliphatic hydroxyl groups excluding tert-OH is 1. The Morgan fingerprint density at radius 3 is 2.33 bits per heavy atom. The van der Waals surface area contributed by atoms with Gasteiger partial charge in [0.25, 0.3) is 0 Å². The van der Waals surface area contributed by atoms with Gasteiger partial charge in [-0.15, -0.1) is 0 Å². The molecule has 1 heterocycles. The molecule has 1 atom stereocenters. The third-order valence-corrected chi connectivity index (χ3v) is 2.77. The molecule has 6 heteroatoms. The number of rotatable bonds is 1. The number of benzene rings is 1. The molecule has 0 saturated heterocycles. The Balaban J connectivity index is 2.59. The molecule has 5 N–H and O–H groups in total. The van der Waals surface area contributed by atoms with E-state index in [1.54, 1.807) is 18.2 Å². The van der Waals surface area contributed by atoms with Crippen LogP contribution in [0.4, 0.5) is 0 Å². The van der Waals surface area contributed by atoms with Crippen molar-refractivity contribution in [2.75, 3.05) is 0 Å². The first-order valence-electron chi connectivity index (χ1n) is 4.25. The standard InChI is InChI=1S/C9H9Cl2N3O/c10-4-2-1-3-5(11)6(4)7-8(12)13-14-9(7)15/h1-3,9,13-15H,12H2. The molecule has 1 aromatic carbocycles. The number of aliphatic hydroxyl groups is 1. The SMILES string of the molecule is NC1=C(c2c(Cl)cccc2Cl)C(O)NN1. The maximum atomic E-state index is 9.63. The predicted octanol–water partition coefficient (Wildman–Crippen LogP) is 1.05. The average Bonchev–Trinajstić information content (AvgIpc) is 2.49. The zero-order chi connectivity index (χ0) is 11.0. The Hall–Kier alpha value is -0.940. The van der Waals surface area contributed by atoms with Crippen molar-refractivity contribution in [2.24, 2.45) is 5.73 Å². The Morgan fingerprint density at radius 1 is 1.27 bits per heavy atom. The quantitative estimate of drug-likeness (QED) is 0.597. The lowest BCUT2D eigenvalue weighted by Gasteiger charge is -2.11. The molecule has 1 aliphatic rings. The van der Waals surface area contributed by atoms with Crippen LogP contribution in [0.2, 0.25) is 10.0 Å². The monoisotopic (exact) mass is 245 g/mol. The summed E-state index contributed by atoms with van der Waals surface area (Å²) < 4.78 is 0. The van der Waals surface area contributed by atoms with Crippen molar-refractivity contribution in [1.29, 1.82) is 0 Å². The molecular weight excluding hydrogens is 237 g/mol. The van der Waals surface area contributed by atoms with E-state index in [4.69, 9.17) is 28.9 Å². The third kappa shape index (κ3) is 1.77. The highest BCUT2D eigenvalue weighted by Crippen LogP contribution is 2.34. The van der Waals surface area contributed by atoms with Gasteiger partial charge in [-0.2, -0.15) is 0 Å². The fraction of sp³-hybridized carbons (Fsp3) is 0.111. The summed E-state index contributed by atoms with van der Waals surface area (Å²) >= 11 is 12.0. The van der Waals surface area contributed by atoms with Crippen LogP contribution in [0.15, 0.2) is 24.0 Å². The van der Waals surface area contributed by atoms with Gasteiger partial charge in [-0.25, -0.2) is 5.43 Å². The number of nitrogens with two attached hydrogens (primary N) is 1. The summed E-state index contributed by atoms with van der Waals surface area (Å²) in [4.78, 5) is 0. The highest BCUT2D eigenvalue weighted by atomic mass is 35.5. The van der Waals surface area contributed by atoms with E-state index < -0.39 is 6.23 Å². The molecule has 15 heavy (non-hydrogen) atoms. The lowest BCUT2D eigenvalue weighted by Crippen LogP contribution is -2.33. The maximum Gasteiger partial charge on any atom is 0.151 e. The molecule has 2 rings (SSSR count). The first-order valence-corrected chi connectivity index (χ1v) is 5.00. The maximum absolute atomic E-state index is 9.63. The van der Waals surface area contributed by atoms with E-state index in [0.29, 0.717) is 27.0 Å². The molecule has 1 aliphatic heterocycles. The molecule has 0 radical (unpaired) electrons. The molecule has 0 spiro atoms. The van der Waals surface area contributed by atoms with Crippen molar-refractivity contribution < 1.29 is 5.11 Å². The van der Waals surface area contributed by atoms with E-state index in [0.717, 1.165) is 0 Å². The largest absolute Gasteiger partial charge is 0.384 e. The van der Waals surface area contributed by atoms with Crippen LogP contribution >= 0.6 is 23.2 Å². The lowest BCUT2D eigenvalue weighted by molar-refractivity contribution is 0.193. The minimum Gasteiger partial charge on any atom is -0.384 e. The molecule has 0 fully saturated rings. The van der Waals surface area contributed by atoms with Crippen molar-refractivity contribution in [3.63, 3.8) is 0 Å². The fourth-order valence-electron chi connectivity index (χ4n) is 1.46. The molecule has 1 unspecified atom stereocenters. The van der Waals surface area contributed by atoms with E-state index in [2.05, 4.69) is 10.9 Å². The number of hydrogen-bond acceptors (Lipinski definition) is 4. The van der Waals surface area contributed by atoms with Crippen LogP contribution in [-0.2, 0) is 0 Å². The van der Waals surface area contributed by atoms with E-state index in [1.807, 2.05) is 0 Å². The van der Waals surface area contributed by atoms with Crippen LogP contribution in [-0.4, -0.2) is 11.3 Å². The predicted molar refractivity (Wildman–Crippen MR) is 59.8 cm³/mol. The Kier molecular flexibility index (Phi) is 2.75. The Labute approximate surface area is 96.6 Å². The molecule has 1 aromatic rings. The van der Waals surface area contributed by atoms with Crippen molar-refractivity contribution in [3.05, 3.63) is 39.6 Å². The minimum atomic E-state index is -0.914. The highest BCUT2D eigenvalue weighted by Gasteiger charge is 2.26. The summed E-state index contributed by atoms with van der Waals surface area (Å²) in [5, 5.41) is 10.5. The minimum absolute atomic E-state index is 0.317. The van der Waals surface area contributed by atoms with E-state index in [1.165, 1.54) is 0 Å². The van der Waals surface area contributed by atoms with E-state index in [9.17, 15) is 5.11 Å². The van der Waals surface area contributed by atoms with Crippen LogP contribution in [0.3, 0.4) is 0 Å². The number of halogens is 2. The van der Waals surface area contributed by atoms with Crippen molar-refractivity contribution >= 4 is 28.8 Å². The number of hydrogen-bond donors (Lipinski definition) is 4. The van der Waals surface area contributed by atoms with Crippen molar-refractivity contribution in [3.8, 4) is 0 Å². The van der Waals surface area contributed by atoms with Crippen molar-refractivity contribution in [2.45, 2.75) is 6.23 Å². The van der Waals surface area contributed by atoms with Crippen LogP contribution < -0.4 is 16.6 Å². The summed E-state index contributed by atoms with van der Waals surface area (Å²) in [6, 6.07) is 5.11. The van der Waals surface area contributed by atoms with Crippen molar-refractivity contribution in [1.82, 2.24) is 10.9 Å². The second-order valence-electron chi connectivity index (χ2n) is 3.10. The highest BCUT2D eigenvalue weighted by molar-refractivity contribution is 6.37. The van der Waals surface area contributed by atoms with Gasteiger partial charge in [0.05, 0.1) is 0 Å². The summed E-state index contributed by atoms with van der Waals surface area (Å²) in [5.41, 5.74) is 11.9. The summed E-state index contributed by atoms with van der Waals surface area (Å²) in [6.07, 6.45) is -0.914. The number of hydrazine groups is 1. The molecule has 4 nitrogen and oxygen atoms in total. The number of nitrogens with one attached hydrogen (secondary N) is 2. The lowest BCUT2D eigenvalue weighted by atomic mass is 10.1. The van der Waals surface area contributed by atoms with Crippen LogP contribution in [0.25, 0.3) is 5.57 Å². The fourth-order valence-corrected chi connectivity index (χ4v) is 2.06. The second kappa shape index (κ2) is 3.90. The van der Waals surface area contributed by atoms with Gasteiger partial charge in [0.15, 0.2) is 6.23 Å². The van der Waals surface area contributed by atoms with Crippen LogP contribution in [0.1, 0.15) is 5.56 Å². The summed E-state index contributed by atoms with van der Waals surface area (Å²) in [5.74, 6) is 0.317. The zero-order valence-electron chi connectivity index (χ0n) is 7.59. The molecule has 0 bridgehead atoms. The third-order valence-electron chi connectivity index (χ3n) is 2.14. The normalized spacial score (nSPS) is 20.6. The molecule has 0 saturated carbocycles. The van der Waals surface area contributed by atoms with Gasteiger partial charge in [-0.3, -0.25) is 0 Å². The van der Waals surface area contributed by atoms with Crippen LogP contribution in [0, 0.1) is 0 Å². The molecule has 0 aliphatic carbocycles. The van der Waals surface area contributed by atoms with Gasteiger partial charge in [-0.05, 0) is 12.1 Å². The zero-order valence-corrected chi connectivity index (χ0v) is 9.10. The second-order valence-corrected chi connectivity index (χ2v) is 3.91. The summed E-state index contributed by atoms with van der Waals surface area (Å²) in [6.45, 7) is 0. The first-order chi connectivity index (χ1) is 7.11. The topological polar surface area (TPSA) is 70.3 Å².